The maximum atomic E-state index is 8.10. The van der Waals surface area contributed by atoms with Gasteiger partial charge in [0.05, 0.1) is 25.4 Å². The second-order valence-electron chi connectivity index (χ2n) is 40.5. The Morgan fingerprint density at radius 2 is 0.978 bits per heavy atom. The summed E-state index contributed by atoms with van der Waals surface area (Å²) in [7, 11) is -15.0. The molecule has 0 radical (unpaired) electrons. The molecule has 528 valence electrons. The van der Waals surface area contributed by atoms with E-state index in [-0.39, 0.29) is 47.9 Å². The first-order valence-corrected chi connectivity index (χ1v) is 54.1. The van der Waals surface area contributed by atoms with Gasteiger partial charge in [0.25, 0.3) is 0 Å². The molecule has 16 heteroatoms. The van der Waals surface area contributed by atoms with Crippen LogP contribution in [0, 0.1) is 46.3 Å². The second kappa shape index (κ2) is 27.6. The molecule has 3 saturated carbocycles. The summed E-state index contributed by atoms with van der Waals surface area (Å²) in [6, 6.07) is 0. The van der Waals surface area contributed by atoms with Gasteiger partial charge in [-0.1, -0.05) is 190 Å². The molecule has 6 rings (SSSR count). The zero-order chi connectivity index (χ0) is 68.8. The molecule has 90 heavy (non-hydrogen) atoms. The third-order valence-electron chi connectivity index (χ3n) is 27.5. The van der Waals surface area contributed by atoms with Crippen molar-refractivity contribution in [2.75, 3.05) is 13.2 Å². The van der Waals surface area contributed by atoms with Gasteiger partial charge < -0.3 is 45.5 Å². The van der Waals surface area contributed by atoms with Gasteiger partial charge in [0, 0.05) is 0 Å². The van der Waals surface area contributed by atoms with Crippen LogP contribution in [0.3, 0.4) is 0 Å². The third kappa shape index (κ3) is 17.3. The molecule has 2 saturated heterocycles. The smallest absolute Gasteiger partial charge is 0.192 e. The number of ether oxygens (including phenoxy) is 4. The number of hydrogen-bond acceptors (Lipinski definition) is 10. The first-order chi connectivity index (χ1) is 40.3. The molecule has 0 bridgehead atoms. The fourth-order valence-electron chi connectivity index (χ4n) is 15.0. The van der Waals surface area contributed by atoms with E-state index in [0.717, 1.165) is 48.9 Å². The molecule has 0 aromatic carbocycles. The zero-order valence-corrected chi connectivity index (χ0v) is 71.6. The van der Waals surface area contributed by atoms with Crippen LogP contribution in [0.15, 0.2) is 11.6 Å². The van der Waals surface area contributed by atoms with Crippen molar-refractivity contribution in [1.82, 2.24) is 0 Å². The molecule has 0 aromatic heterocycles. The SMILES string of the molecule is CC(C)CCC[C@@H](C)[C@H]1CC[C@H]2[C@@H]3CC=C4C[C@@H](O[C@@H]5O[C@H](CO[Si](C)(C)C(C)(C)C)[C@@H](O[Si](C)(C)C(C)(C)C)[C@H](O[Si](C)(C)C(C)(C)C)[C@H]5O[C@@H]5OC[C@@H](O[Si](C)(C)C(C)(C)C)[C@H](O[Si](C)(C)C(C)(C)C)[C@H]5O[Si](C)(C)C(C)(C)C)CC[C@]4(C)[C@H]3CC[C@]12C. The van der Waals surface area contributed by atoms with Crippen LogP contribution in [0.4, 0.5) is 0 Å². The highest BCUT2D eigenvalue weighted by molar-refractivity contribution is 6.76. The Balaban J connectivity index is 1.52. The first-order valence-electron chi connectivity index (χ1n) is 36.7. The summed E-state index contributed by atoms with van der Waals surface area (Å²) in [5, 5.41) is -0.556. The first kappa shape index (κ1) is 79.6. The molecule has 0 unspecified atom stereocenters. The average Bonchev–Trinajstić information content (AvgIpc) is 1.31. The molecule has 2 aliphatic heterocycles. The van der Waals surface area contributed by atoms with Crippen molar-refractivity contribution in [2.45, 2.75) is 400 Å². The van der Waals surface area contributed by atoms with Gasteiger partial charge in [0.15, 0.2) is 62.5 Å². The number of rotatable bonds is 22. The lowest BCUT2D eigenvalue weighted by molar-refractivity contribution is -0.357. The lowest BCUT2D eigenvalue weighted by Crippen LogP contribution is -2.70. The molecule has 0 aromatic rings. The van der Waals surface area contributed by atoms with Gasteiger partial charge in [-0.05, 0) is 206 Å². The predicted octanol–water partition coefficient (Wildman–Crippen LogP) is 21.9. The molecule has 0 amide bonds. The van der Waals surface area contributed by atoms with E-state index in [2.05, 4.69) is 244 Å². The Hall–Kier alpha value is 0.641. The quantitative estimate of drug-likeness (QED) is 0.0771. The summed E-state index contributed by atoms with van der Waals surface area (Å²) in [6.07, 6.45) is 10.7. The topological polar surface area (TPSA) is 92.3 Å². The minimum absolute atomic E-state index is 0.0216. The largest absolute Gasteiger partial charge is 0.414 e. The summed E-state index contributed by atoms with van der Waals surface area (Å²) in [4.78, 5) is 0. The fourth-order valence-corrected chi connectivity index (χ4v) is 22.6. The maximum Gasteiger partial charge on any atom is 0.192 e. The molecule has 0 spiro atoms. The van der Waals surface area contributed by atoms with Crippen LogP contribution in [0.5, 0.6) is 0 Å². The van der Waals surface area contributed by atoms with E-state index in [9.17, 15) is 0 Å². The highest BCUT2D eigenvalue weighted by atomic mass is 28.4. The van der Waals surface area contributed by atoms with Gasteiger partial charge in [-0.25, -0.2) is 0 Å². The lowest BCUT2D eigenvalue weighted by Gasteiger charge is -2.59. The molecule has 4 aliphatic carbocycles. The normalized spacial score (nSPS) is 34.6. The van der Waals surface area contributed by atoms with Crippen LogP contribution in [-0.2, 0) is 45.5 Å². The van der Waals surface area contributed by atoms with Gasteiger partial charge >= 0.3 is 0 Å². The molecule has 6 aliphatic rings. The van der Waals surface area contributed by atoms with E-state index in [0.29, 0.717) is 24.5 Å². The van der Waals surface area contributed by atoms with Gasteiger partial charge in [-0.2, -0.15) is 0 Å². The minimum Gasteiger partial charge on any atom is -0.414 e. The monoisotopic (exact) mass is 1360 g/mol. The Labute approximate surface area is 563 Å². The summed E-state index contributed by atoms with van der Waals surface area (Å²) in [6.45, 7) is 83.7. The van der Waals surface area contributed by atoms with Crippen molar-refractivity contribution in [3.63, 3.8) is 0 Å². The third-order valence-corrected chi connectivity index (χ3v) is 54.4. The van der Waals surface area contributed by atoms with Crippen LogP contribution < -0.4 is 0 Å². The number of hydrogen-bond donors (Lipinski definition) is 0. The molecular formula is C74H148O10Si6. The Morgan fingerprint density at radius 1 is 0.500 bits per heavy atom. The van der Waals surface area contributed by atoms with Crippen LogP contribution in [-0.4, -0.2) is 125 Å². The molecule has 0 N–H and O–H groups in total. The maximum absolute atomic E-state index is 8.10. The number of fused-ring (bicyclic) bond motifs is 5. The Bertz CT molecular complexity index is 2380. The molecular weight excluding hydrogens is 1220 g/mol. The van der Waals surface area contributed by atoms with Crippen LogP contribution in [0.1, 0.15) is 230 Å². The second-order valence-corrected chi connectivity index (χ2v) is 69.1. The highest BCUT2D eigenvalue weighted by Crippen LogP contribution is 2.68. The van der Waals surface area contributed by atoms with Crippen molar-refractivity contribution in [1.29, 1.82) is 0 Å². The summed E-state index contributed by atoms with van der Waals surface area (Å²) < 4.78 is 77.9. The molecule has 10 nitrogen and oxygen atoms in total. The summed E-state index contributed by atoms with van der Waals surface area (Å²) >= 11 is 0. The zero-order valence-electron chi connectivity index (χ0n) is 65.6. The van der Waals surface area contributed by atoms with Gasteiger partial charge in [-0.3, -0.25) is 0 Å². The van der Waals surface area contributed by atoms with E-state index < -0.39 is 99.1 Å². The summed E-state index contributed by atoms with van der Waals surface area (Å²) in [5.41, 5.74) is 2.20. The van der Waals surface area contributed by atoms with Crippen molar-refractivity contribution in [3.8, 4) is 0 Å². The summed E-state index contributed by atoms with van der Waals surface area (Å²) in [5.74, 6) is 4.70. The van der Waals surface area contributed by atoms with E-state index in [1.165, 1.54) is 51.4 Å². The van der Waals surface area contributed by atoms with Crippen molar-refractivity contribution in [3.05, 3.63) is 11.6 Å². The fraction of sp³-hybridized carbons (Fsp3) is 0.973. The van der Waals surface area contributed by atoms with Gasteiger partial charge in [-0.15, -0.1) is 0 Å². The van der Waals surface area contributed by atoms with E-state index >= 15 is 0 Å². The standard InChI is InChI=1S/C74H148O10Si6/c1-50(2)37-36-38-51(3)55-41-42-56-54-40-39-52-47-53(43-45-73(52,22)57(54)44-46-74(55,56)23)77-66-63(62(83-89(32,33)71(16,17)18)60(81-87(28,29)69(10,11)12)58(78-66)49-76-85(24,25)67(4,5)6)79-65-64(84-90(34,35)72(19,20)21)61(82-88(30,31)70(13,14)15)59(48-75-65)80-86(26,27)68(7,8)9/h39,50-51,53-66H,36-38,40-49H2,1-35H3/t51-,53+,54+,55-,56+,57+,58-,59-,60-,61+,62+,63-,64-,65+,66-,73+,74-/m1/s1. The highest BCUT2D eigenvalue weighted by Gasteiger charge is 2.63. The van der Waals surface area contributed by atoms with Crippen LogP contribution >= 0.6 is 0 Å². The van der Waals surface area contributed by atoms with Crippen molar-refractivity contribution >= 4 is 49.9 Å². The lowest BCUT2D eigenvalue weighted by atomic mass is 9.47. The number of allylic oxidation sites excluding steroid dienone is 1. The van der Waals surface area contributed by atoms with Crippen LogP contribution in [0.25, 0.3) is 0 Å². The molecule has 17 atom stereocenters. The van der Waals surface area contributed by atoms with Gasteiger partial charge in [0.2, 0.25) is 0 Å². The predicted molar refractivity (Wildman–Crippen MR) is 395 cm³/mol. The van der Waals surface area contributed by atoms with Crippen LogP contribution in [0.2, 0.25) is 109 Å². The minimum atomic E-state index is -2.65. The Kier molecular flexibility index (Phi) is 24.5. The van der Waals surface area contributed by atoms with E-state index in [1.807, 2.05) is 0 Å². The van der Waals surface area contributed by atoms with Gasteiger partial charge in [0.1, 0.15) is 36.6 Å². The molecule has 5 fully saturated rings. The van der Waals surface area contributed by atoms with E-state index in [1.54, 1.807) is 5.57 Å². The van der Waals surface area contributed by atoms with E-state index in [4.69, 9.17) is 45.5 Å². The Morgan fingerprint density at radius 3 is 1.48 bits per heavy atom. The average molecular weight is 1370 g/mol. The molecule has 2 heterocycles. The van der Waals surface area contributed by atoms with Crippen molar-refractivity contribution in [2.24, 2.45) is 46.3 Å². The van der Waals surface area contributed by atoms with Crippen molar-refractivity contribution < 1.29 is 45.5 Å².